The molecule has 0 unspecified atom stereocenters. The van der Waals surface area contributed by atoms with Crippen molar-refractivity contribution in [3.05, 3.63) is 0 Å². The normalized spacial score (nSPS) is 12.3. The molecular weight excluding hydrogens is 192 g/mol. The van der Waals surface area contributed by atoms with E-state index in [2.05, 4.69) is 4.18 Å². The van der Waals surface area contributed by atoms with Gasteiger partial charge in [0.25, 0.3) is 0 Å². The zero-order chi connectivity index (χ0) is 10.3. The zero-order valence-electron chi connectivity index (χ0n) is 8.45. The maximum Gasteiger partial charge on any atom is 0.400 e. The van der Waals surface area contributed by atoms with Crippen LogP contribution in [0.4, 0.5) is 0 Å². The average molecular weight is 210 g/mol. The van der Waals surface area contributed by atoms with Gasteiger partial charge < -0.3 is 0 Å². The Kier molecular flexibility index (Phi) is 6.28. The van der Waals surface area contributed by atoms with Crippen LogP contribution in [0.2, 0.25) is 0 Å². The van der Waals surface area contributed by atoms with Gasteiger partial charge in [0, 0.05) is 0 Å². The van der Waals surface area contributed by atoms with Gasteiger partial charge in [0.2, 0.25) is 0 Å². The van der Waals surface area contributed by atoms with Crippen LogP contribution in [-0.4, -0.2) is 21.1 Å². The zero-order valence-corrected chi connectivity index (χ0v) is 9.26. The van der Waals surface area contributed by atoms with Crippen LogP contribution in [0, 0.1) is 0 Å². The Hall–Kier alpha value is -0.130. The van der Waals surface area contributed by atoms with Gasteiger partial charge in [-0.05, 0) is 19.3 Å². The highest BCUT2D eigenvalue weighted by atomic mass is 32.3. The quantitative estimate of drug-likeness (QED) is 0.643. The minimum Gasteiger partial charge on any atom is -0.248 e. The third-order valence-corrected chi connectivity index (χ3v) is 2.56. The van der Waals surface area contributed by atoms with Gasteiger partial charge in [-0.2, -0.15) is 8.42 Å². The molecule has 0 rings (SSSR count). The molecule has 0 aliphatic rings. The van der Waals surface area contributed by atoms with E-state index in [9.17, 15) is 8.42 Å². The minimum atomic E-state index is -3.77. The smallest absolute Gasteiger partial charge is 0.248 e. The van der Waals surface area contributed by atoms with E-state index in [1.807, 2.05) is 20.8 Å². The van der Waals surface area contributed by atoms with Crippen molar-refractivity contribution in [2.45, 2.75) is 46.1 Å². The maximum absolute atomic E-state index is 11.1. The SMILES string of the molecule is CCCOS(=O)(=O)OC(CC)CC. The van der Waals surface area contributed by atoms with Crippen molar-refractivity contribution < 1.29 is 16.8 Å². The van der Waals surface area contributed by atoms with Crippen LogP contribution in [-0.2, 0) is 18.8 Å². The fourth-order valence-corrected chi connectivity index (χ4v) is 1.84. The molecule has 0 aromatic rings. The molecule has 0 aromatic heterocycles. The fourth-order valence-electron chi connectivity index (χ4n) is 0.805. The molecule has 0 fully saturated rings. The second-order valence-corrected chi connectivity index (χ2v) is 4.01. The molecule has 0 amide bonds. The summed E-state index contributed by atoms with van der Waals surface area (Å²) in [4.78, 5) is 0. The van der Waals surface area contributed by atoms with E-state index in [1.165, 1.54) is 0 Å². The van der Waals surface area contributed by atoms with Gasteiger partial charge in [-0.25, -0.2) is 8.37 Å². The van der Waals surface area contributed by atoms with Gasteiger partial charge in [-0.3, -0.25) is 0 Å². The molecule has 0 saturated heterocycles. The summed E-state index contributed by atoms with van der Waals surface area (Å²) in [6, 6.07) is 0. The summed E-state index contributed by atoms with van der Waals surface area (Å²) in [5.74, 6) is 0. The Morgan fingerprint density at radius 3 is 2.08 bits per heavy atom. The molecule has 0 saturated carbocycles. The van der Waals surface area contributed by atoms with E-state index in [4.69, 9.17) is 4.18 Å². The summed E-state index contributed by atoms with van der Waals surface area (Å²) in [5, 5.41) is 0. The largest absolute Gasteiger partial charge is 0.400 e. The summed E-state index contributed by atoms with van der Waals surface area (Å²) < 4.78 is 31.5. The van der Waals surface area contributed by atoms with Crippen LogP contribution in [0.3, 0.4) is 0 Å². The molecule has 0 atom stereocenters. The number of hydrogen-bond acceptors (Lipinski definition) is 4. The van der Waals surface area contributed by atoms with Crippen LogP contribution in [0.1, 0.15) is 40.0 Å². The maximum atomic E-state index is 11.1. The van der Waals surface area contributed by atoms with Crippen LogP contribution in [0.25, 0.3) is 0 Å². The molecule has 0 bridgehead atoms. The lowest BCUT2D eigenvalue weighted by Gasteiger charge is -2.12. The van der Waals surface area contributed by atoms with E-state index in [-0.39, 0.29) is 12.7 Å². The third-order valence-electron chi connectivity index (χ3n) is 1.60. The van der Waals surface area contributed by atoms with Gasteiger partial charge in [0.05, 0.1) is 12.7 Å². The van der Waals surface area contributed by atoms with E-state index in [0.29, 0.717) is 19.3 Å². The monoisotopic (exact) mass is 210 g/mol. The summed E-state index contributed by atoms with van der Waals surface area (Å²) >= 11 is 0. The highest BCUT2D eigenvalue weighted by Gasteiger charge is 2.16. The predicted octanol–water partition coefficient (Wildman–Crippen LogP) is 1.86. The summed E-state index contributed by atoms with van der Waals surface area (Å²) in [5.41, 5.74) is 0. The summed E-state index contributed by atoms with van der Waals surface area (Å²) in [6.45, 7) is 5.78. The van der Waals surface area contributed by atoms with Gasteiger partial charge >= 0.3 is 10.4 Å². The van der Waals surface area contributed by atoms with Crippen molar-refractivity contribution in [3.8, 4) is 0 Å². The molecule has 13 heavy (non-hydrogen) atoms. The molecule has 0 N–H and O–H groups in total. The molecule has 4 nitrogen and oxygen atoms in total. The Balaban J connectivity index is 4.00. The summed E-state index contributed by atoms with van der Waals surface area (Å²) in [7, 11) is -3.77. The molecular formula is C8H18O4S. The molecule has 0 aliphatic carbocycles. The van der Waals surface area contributed by atoms with Crippen LogP contribution < -0.4 is 0 Å². The first kappa shape index (κ1) is 12.9. The number of rotatable bonds is 7. The fraction of sp³-hybridized carbons (Fsp3) is 1.00. The molecule has 0 spiro atoms. The number of hydrogen-bond donors (Lipinski definition) is 0. The van der Waals surface area contributed by atoms with Crippen LogP contribution in [0.5, 0.6) is 0 Å². The second-order valence-electron chi connectivity index (χ2n) is 2.76. The molecule has 5 heteroatoms. The van der Waals surface area contributed by atoms with Crippen LogP contribution >= 0.6 is 0 Å². The van der Waals surface area contributed by atoms with Crippen molar-refractivity contribution in [2.75, 3.05) is 6.61 Å². The first-order chi connectivity index (χ1) is 6.05. The molecule has 80 valence electrons. The van der Waals surface area contributed by atoms with Crippen molar-refractivity contribution in [1.82, 2.24) is 0 Å². The Bertz CT molecular complexity index is 206. The predicted molar refractivity (Wildman–Crippen MR) is 50.6 cm³/mol. The lowest BCUT2D eigenvalue weighted by Crippen LogP contribution is -2.19. The van der Waals surface area contributed by atoms with Crippen molar-refractivity contribution in [2.24, 2.45) is 0 Å². The average Bonchev–Trinajstić information content (AvgIpc) is 2.11. The highest BCUT2D eigenvalue weighted by Crippen LogP contribution is 2.08. The van der Waals surface area contributed by atoms with Gasteiger partial charge in [0.1, 0.15) is 0 Å². The van der Waals surface area contributed by atoms with E-state index < -0.39 is 10.4 Å². The van der Waals surface area contributed by atoms with Crippen LogP contribution in [0.15, 0.2) is 0 Å². The van der Waals surface area contributed by atoms with Gasteiger partial charge in [-0.1, -0.05) is 20.8 Å². The van der Waals surface area contributed by atoms with E-state index >= 15 is 0 Å². The van der Waals surface area contributed by atoms with E-state index in [0.717, 1.165) is 0 Å². The Morgan fingerprint density at radius 1 is 1.15 bits per heavy atom. The standard InChI is InChI=1S/C8H18O4S/c1-4-7-11-13(9,10)12-8(5-2)6-3/h8H,4-7H2,1-3H3. The lowest BCUT2D eigenvalue weighted by molar-refractivity contribution is 0.150. The minimum absolute atomic E-state index is 0.183. The Labute approximate surface area is 80.6 Å². The topological polar surface area (TPSA) is 52.6 Å². The van der Waals surface area contributed by atoms with Gasteiger partial charge in [0.15, 0.2) is 0 Å². The molecule has 0 radical (unpaired) electrons. The molecule has 0 heterocycles. The molecule has 0 aromatic carbocycles. The van der Waals surface area contributed by atoms with E-state index in [1.54, 1.807) is 0 Å². The van der Waals surface area contributed by atoms with Crippen molar-refractivity contribution in [1.29, 1.82) is 0 Å². The first-order valence-electron chi connectivity index (χ1n) is 4.63. The summed E-state index contributed by atoms with van der Waals surface area (Å²) in [6.07, 6.45) is 1.74. The van der Waals surface area contributed by atoms with Gasteiger partial charge in [-0.15, -0.1) is 0 Å². The molecule has 0 aliphatic heterocycles. The highest BCUT2D eigenvalue weighted by molar-refractivity contribution is 7.81. The lowest BCUT2D eigenvalue weighted by atomic mass is 10.2. The van der Waals surface area contributed by atoms with Crippen molar-refractivity contribution >= 4 is 10.4 Å². The Morgan fingerprint density at radius 2 is 1.69 bits per heavy atom. The second kappa shape index (κ2) is 6.34. The third kappa shape index (κ3) is 6.01. The van der Waals surface area contributed by atoms with Crippen molar-refractivity contribution in [3.63, 3.8) is 0 Å². The first-order valence-corrected chi connectivity index (χ1v) is 5.96.